The molecule has 0 atom stereocenters. The van der Waals surface area contributed by atoms with Crippen LogP contribution in [0.25, 0.3) is 6.08 Å². The smallest absolute Gasteiger partial charge is 0.129 e. The Labute approximate surface area is 104 Å². The Hall–Kier alpha value is -1.28. The normalized spacial score (nSPS) is 14.6. The van der Waals surface area contributed by atoms with E-state index in [-0.39, 0.29) is 0 Å². The molecule has 0 fully saturated rings. The molecule has 17 heavy (non-hydrogen) atoms. The van der Waals surface area contributed by atoms with Gasteiger partial charge in [-0.25, -0.2) is 0 Å². The van der Waals surface area contributed by atoms with Gasteiger partial charge < -0.3 is 10.1 Å². The number of rotatable bonds is 5. The Morgan fingerprint density at radius 3 is 3.24 bits per heavy atom. The first kappa shape index (κ1) is 12.2. The van der Waals surface area contributed by atoms with E-state index < -0.39 is 0 Å². The zero-order valence-corrected chi connectivity index (χ0v) is 10.5. The van der Waals surface area contributed by atoms with Crippen molar-refractivity contribution in [1.82, 2.24) is 5.32 Å². The van der Waals surface area contributed by atoms with Crippen molar-refractivity contribution in [2.24, 2.45) is 0 Å². The zero-order chi connectivity index (χ0) is 11.9. The highest BCUT2D eigenvalue weighted by Gasteiger charge is 2.12. The van der Waals surface area contributed by atoms with E-state index in [1.807, 2.05) is 0 Å². The van der Waals surface area contributed by atoms with Gasteiger partial charge in [-0.15, -0.1) is 0 Å². The lowest BCUT2D eigenvalue weighted by molar-refractivity contribution is 0.287. The van der Waals surface area contributed by atoms with Gasteiger partial charge in [-0.05, 0) is 37.9 Å². The Morgan fingerprint density at radius 2 is 2.35 bits per heavy atom. The van der Waals surface area contributed by atoms with Crippen molar-refractivity contribution in [3.8, 4) is 5.75 Å². The maximum atomic E-state index is 5.77. The molecule has 0 saturated carbocycles. The molecule has 1 aliphatic heterocycles. The molecule has 0 spiro atoms. The molecule has 1 aromatic carbocycles. The van der Waals surface area contributed by atoms with Crippen molar-refractivity contribution in [2.75, 3.05) is 19.7 Å². The molecule has 0 radical (unpaired) electrons. The third-order valence-corrected chi connectivity index (χ3v) is 3.00. The zero-order valence-electron chi connectivity index (χ0n) is 10.5. The van der Waals surface area contributed by atoms with Crippen LogP contribution in [0.2, 0.25) is 0 Å². The monoisotopic (exact) mass is 231 g/mol. The van der Waals surface area contributed by atoms with Crippen molar-refractivity contribution in [3.05, 3.63) is 35.4 Å². The molecule has 2 nitrogen and oxygen atoms in total. The molecule has 0 saturated heterocycles. The molecule has 0 aromatic heterocycles. The van der Waals surface area contributed by atoms with E-state index in [2.05, 4.69) is 42.6 Å². The fourth-order valence-electron chi connectivity index (χ4n) is 2.12. The quantitative estimate of drug-likeness (QED) is 0.786. The summed E-state index contributed by atoms with van der Waals surface area (Å²) in [5.41, 5.74) is 2.57. The van der Waals surface area contributed by atoms with E-state index in [1.54, 1.807) is 0 Å². The third kappa shape index (κ3) is 3.34. The SMILES string of the molecule is CCNCC/C=C/c1cccc2c1OCCC2. The summed E-state index contributed by atoms with van der Waals surface area (Å²) in [7, 11) is 0. The first-order valence-corrected chi connectivity index (χ1v) is 6.53. The highest BCUT2D eigenvalue weighted by Crippen LogP contribution is 2.29. The van der Waals surface area contributed by atoms with Crippen LogP contribution in [-0.2, 0) is 6.42 Å². The average molecular weight is 231 g/mol. The molecule has 1 aliphatic rings. The molecule has 92 valence electrons. The van der Waals surface area contributed by atoms with Crippen LogP contribution in [0.4, 0.5) is 0 Å². The Kier molecular flexibility index (Phi) is 4.63. The van der Waals surface area contributed by atoms with E-state index in [1.165, 1.54) is 11.1 Å². The number of para-hydroxylation sites is 1. The van der Waals surface area contributed by atoms with Crippen LogP contribution in [0.1, 0.15) is 30.9 Å². The molecule has 2 heteroatoms. The van der Waals surface area contributed by atoms with Gasteiger partial charge in [0.25, 0.3) is 0 Å². The number of nitrogens with one attached hydrogen (secondary N) is 1. The molecule has 0 bridgehead atoms. The van der Waals surface area contributed by atoms with Crippen LogP contribution in [0.15, 0.2) is 24.3 Å². The van der Waals surface area contributed by atoms with Crippen LogP contribution in [0, 0.1) is 0 Å². The number of aryl methyl sites for hydroxylation is 1. The van der Waals surface area contributed by atoms with Crippen LogP contribution in [0.3, 0.4) is 0 Å². The van der Waals surface area contributed by atoms with E-state index in [4.69, 9.17) is 4.74 Å². The molecule has 1 N–H and O–H groups in total. The number of hydrogen-bond acceptors (Lipinski definition) is 2. The summed E-state index contributed by atoms with van der Waals surface area (Å²) in [5, 5.41) is 3.31. The molecule has 0 unspecified atom stereocenters. The topological polar surface area (TPSA) is 21.3 Å². The second-order valence-electron chi connectivity index (χ2n) is 4.33. The minimum atomic E-state index is 0.856. The second kappa shape index (κ2) is 6.45. The summed E-state index contributed by atoms with van der Waals surface area (Å²) in [6.45, 7) is 5.07. The van der Waals surface area contributed by atoms with Crippen LogP contribution in [-0.4, -0.2) is 19.7 Å². The minimum Gasteiger partial charge on any atom is -0.493 e. The van der Waals surface area contributed by atoms with Gasteiger partial charge in [0.2, 0.25) is 0 Å². The first-order valence-electron chi connectivity index (χ1n) is 6.53. The minimum absolute atomic E-state index is 0.856. The summed E-state index contributed by atoms with van der Waals surface area (Å²) < 4.78 is 5.77. The van der Waals surface area contributed by atoms with Gasteiger partial charge in [0, 0.05) is 5.56 Å². The summed E-state index contributed by atoms with van der Waals surface area (Å²) in [6, 6.07) is 6.43. The first-order chi connectivity index (χ1) is 8.42. The Bertz CT molecular complexity index is 385. The summed E-state index contributed by atoms with van der Waals surface area (Å²) >= 11 is 0. The van der Waals surface area contributed by atoms with E-state index in [0.29, 0.717) is 0 Å². The third-order valence-electron chi connectivity index (χ3n) is 3.00. The van der Waals surface area contributed by atoms with Crippen molar-refractivity contribution in [3.63, 3.8) is 0 Å². The Morgan fingerprint density at radius 1 is 1.41 bits per heavy atom. The number of ether oxygens (including phenoxy) is 1. The average Bonchev–Trinajstić information content (AvgIpc) is 2.39. The van der Waals surface area contributed by atoms with Gasteiger partial charge in [0.1, 0.15) is 5.75 Å². The molecular formula is C15H21NO. The van der Waals surface area contributed by atoms with Crippen LogP contribution >= 0.6 is 0 Å². The summed E-state index contributed by atoms with van der Waals surface area (Å²) in [6.07, 6.45) is 7.75. The molecule has 1 aromatic rings. The van der Waals surface area contributed by atoms with Gasteiger partial charge in [-0.1, -0.05) is 37.3 Å². The lowest BCUT2D eigenvalue weighted by Crippen LogP contribution is -2.12. The molecule has 1 heterocycles. The lowest BCUT2D eigenvalue weighted by Gasteiger charge is -2.18. The number of benzene rings is 1. The predicted octanol–water partition coefficient (Wildman–Crippen LogP) is 3.02. The van der Waals surface area contributed by atoms with Crippen molar-refractivity contribution in [2.45, 2.75) is 26.2 Å². The predicted molar refractivity (Wildman–Crippen MR) is 72.5 cm³/mol. The van der Waals surface area contributed by atoms with Crippen molar-refractivity contribution < 1.29 is 4.74 Å². The summed E-state index contributed by atoms with van der Waals surface area (Å²) in [4.78, 5) is 0. The van der Waals surface area contributed by atoms with Gasteiger partial charge in [-0.3, -0.25) is 0 Å². The van der Waals surface area contributed by atoms with Crippen LogP contribution < -0.4 is 10.1 Å². The van der Waals surface area contributed by atoms with Gasteiger partial charge in [0.05, 0.1) is 6.61 Å². The fourth-order valence-corrected chi connectivity index (χ4v) is 2.12. The highest BCUT2D eigenvalue weighted by atomic mass is 16.5. The fraction of sp³-hybridized carbons (Fsp3) is 0.467. The maximum absolute atomic E-state index is 5.77. The van der Waals surface area contributed by atoms with Crippen molar-refractivity contribution in [1.29, 1.82) is 0 Å². The molecule has 2 rings (SSSR count). The van der Waals surface area contributed by atoms with E-state index >= 15 is 0 Å². The van der Waals surface area contributed by atoms with E-state index in [9.17, 15) is 0 Å². The van der Waals surface area contributed by atoms with Crippen LogP contribution in [0.5, 0.6) is 5.75 Å². The standard InChI is InChI=1S/C15H21NO/c1-2-16-11-4-3-7-13-8-5-9-14-10-6-12-17-15(13)14/h3,5,7-9,16H,2,4,6,10-12H2,1H3/b7-3+. The molecule has 0 amide bonds. The maximum Gasteiger partial charge on any atom is 0.129 e. The lowest BCUT2D eigenvalue weighted by atomic mass is 10.0. The molecule has 0 aliphatic carbocycles. The van der Waals surface area contributed by atoms with Crippen molar-refractivity contribution >= 4 is 6.08 Å². The summed E-state index contributed by atoms with van der Waals surface area (Å²) in [5.74, 6) is 1.10. The second-order valence-corrected chi connectivity index (χ2v) is 4.33. The highest BCUT2D eigenvalue weighted by molar-refractivity contribution is 5.60. The largest absolute Gasteiger partial charge is 0.493 e. The van der Waals surface area contributed by atoms with Gasteiger partial charge in [0.15, 0.2) is 0 Å². The van der Waals surface area contributed by atoms with Gasteiger partial charge in [-0.2, -0.15) is 0 Å². The number of fused-ring (bicyclic) bond motifs is 1. The van der Waals surface area contributed by atoms with Gasteiger partial charge >= 0.3 is 0 Å². The Balaban J connectivity index is 2.00. The number of hydrogen-bond donors (Lipinski definition) is 1. The molecular weight excluding hydrogens is 210 g/mol. The van der Waals surface area contributed by atoms with E-state index in [0.717, 1.165) is 44.7 Å².